The highest BCUT2D eigenvalue weighted by atomic mass is 35.5. The van der Waals surface area contributed by atoms with Crippen molar-refractivity contribution in [1.82, 2.24) is 0 Å². The number of carbonyl (C=O) groups is 1. The van der Waals surface area contributed by atoms with Gasteiger partial charge in [0.15, 0.2) is 6.10 Å². The molecule has 2 aromatic carbocycles. The van der Waals surface area contributed by atoms with Crippen molar-refractivity contribution in [3.05, 3.63) is 47.0 Å². The number of anilines is 1. The summed E-state index contributed by atoms with van der Waals surface area (Å²) in [5, 5.41) is 3.13. The molecule has 0 bridgehead atoms. The van der Waals surface area contributed by atoms with Gasteiger partial charge < -0.3 is 19.5 Å². The first-order chi connectivity index (χ1) is 11.4. The van der Waals surface area contributed by atoms with Crippen LogP contribution in [0.15, 0.2) is 36.4 Å². The molecule has 0 aliphatic heterocycles. The van der Waals surface area contributed by atoms with Crippen LogP contribution in [0.1, 0.15) is 12.5 Å². The zero-order chi connectivity index (χ0) is 17.7. The van der Waals surface area contributed by atoms with Gasteiger partial charge in [-0.15, -0.1) is 0 Å². The number of rotatable bonds is 6. The van der Waals surface area contributed by atoms with Crippen molar-refractivity contribution >= 4 is 23.2 Å². The summed E-state index contributed by atoms with van der Waals surface area (Å²) >= 11 is 6.10. The van der Waals surface area contributed by atoms with Gasteiger partial charge in [0.2, 0.25) is 0 Å². The second-order valence-corrected chi connectivity index (χ2v) is 5.66. The highest BCUT2D eigenvalue weighted by Crippen LogP contribution is 2.36. The average Bonchev–Trinajstić information content (AvgIpc) is 2.57. The molecule has 5 nitrogen and oxygen atoms in total. The molecule has 0 saturated heterocycles. The maximum atomic E-state index is 12.4. The number of amides is 1. The minimum Gasteiger partial charge on any atom is -0.495 e. The molecule has 0 unspecified atom stereocenters. The fraction of sp³-hybridized carbons (Fsp3) is 0.278. The number of hydrogen-bond donors (Lipinski definition) is 1. The number of carbonyl (C=O) groups excluding carboxylic acids is 1. The number of benzene rings is 2. The van der Waals surface area contributed by atoms with Crippen LogP contribution in [0.5, 0.6) is 17.2 Å². The van der Waals surface area contributed by atoms with Crippen LogP contribution in [0.4, 0.5) is 5.69 Å². The van der Waals surface area contributed by atoms with Gasteiger partial charge in [-0.2, -0.15) is 0 Å². The Labute approximate surface area is 146 Å². The summed E-state index contributed by atoms with van der Waals surface area (Å²) in [4.78, 5) is 12.4. The Morgan fingerprint density at radius 2 is 1.71 bits per heavy atom. The van der Waals surface area contributed by atoms with Crippen LogP contribution in [-0.2, 0) is 4.79 Å². The predicted molar refractivity (Wildman–Crippen MR) is 94.5 cm³/mol. The van der Waals surface area contributed by atoms with E-state index >= 15 is 0 Å². The van der Waals surface area contributed by atoms with Gasteiger partial charge >= 0.3 is 0 Å². The van der Waals surface area contributed by atoms with Gasteiger partial charge in [0.25, 0.3) is 5.91 Å². The maximum Gasteiger partial charge on any atom is 0.265 e. The lowest BCUT2D eigenvalue weighted by molar-refractivity contribution is -0.122. The number of aryl methyl sites for hydroxylation is 1. The van der Waals surface area contributed by atoms with E-state index in [0.29, 0.717) is 28.0 Å². The van der Waals surface area contributed by atoms with Gasteiger partial charge in [-0.1, -0.05) is 29.3 Å². The van der Waals surface area contributed by atoms with E-state index < -0.39 is 6.10 Å². The first-order valence-corrected chi connectivity index (χ1v) is 7.78. The highest BCUT2D eigenvalue weighted by molar-refractivity contribution is 6.32. The van der Waals surface area contributed by atoms with Crippen molar-refractivity contribution in [2.45, 2.75) is 20.0 Å². The van der Waals surface area contributed by atoms with E-state index in [2.05, 4.69) is 5.32 Å². The van der Waals surface area contributed by atoms with Crippen molar-refractivity contribution in [1.29, 1.82) is 0 Å². The smallest absolute Gasteiger partial charge is 0.265 e. The molecule has 1 atom stereocenters. The fourth-order valence-corrected chi connectivity index (χ4v) is 2.31. The lowest BCUT2D eigenvalue weighted by atomic mass is 10.2. The molecule has 1 amide bonds. The summed E-state index contributed by atoms with van der Waals surface area (Å²) in [5.74, 6) is 1.24. The summed E-state index contributed by atoms with van der Waals surface area (Å²) in [6.45, 7) is 3.66. The van der Waals surface area contributed by atoms with Gasteiger partial charge in [-0.25, -0.2) is 0 Å². The second kappa shape index (κ2) is 7.93. The third-order valence-corrected chi connectivity index (χ3v) is 3.73. The molecule has 0 heterocycles. The molecule has 0 fully saturated rings. The Balaban J connectivity index is 2.10. The maximum absolute atomic E-state index is 12.4. The van der Waals surface area contributed by atoms with E-state index in [1.807, 2.05) is 31.2 Å². The normalized spacial score (nSPS) is 11.5. The molecule has 128 valence electrons. The number of ether oxygens (including phenoxy) is 3. The van der Waals surface area contributed by atoms with Crippen LogP contribution in [0.3, 0.4) is 0 Å². The van der Waals surface area contributed by atoms with Gasteiger partial charge in [0.1, 0.15) is 17.2 Å². The predicted octanol–water partition coefficient (Wildman–Crippen LogP) is 4.07. The molecule has 0 aliphatic rings. The minimum atomic E-state index is -0.682. The number of halogens is 1. The summed E-state index contributed by atoms with van der Waals surface area (Å²) in [7, 11) is 3.01. The largest absolute Gasteiger partial charge is 0.495 e. The van der Waals surface area contributed by atoms with Crippen molar-refractivity contribution in [2.24, 2.45) is 0 Å². The molecule has 0 aromatic heterocycles. The van der Waals surface area contributed by atoms with E-state index in [4.69, 9.17) is 25.8 Å². The molecule has 6 heteroatoms. The summed E-state index contributed by atoms with van der Waals surface area (Å²) < 4.78 is 16.0. The first-order valence-electron chi connectivity index (χ1n) is 7.40. The Morgan fingerprint density at radius 3 is 2.29 bits per heavy atom. The van der Waals surface area contributed by atoms with Crippen LogP contribution >= 0.6 is 11.6 Å². The molecule has 2 aromatic rings. The standard InChI is InChI=1S/C18H20ClNO4/c1-11-5-7-13(8-6-11)24-12(2)18(21)20-15-9-14(19)16(22-3)10-17(15)23-4/h5-10,12H,1-4H3,(H,20,21)/t12-/m0/s1. The molecular formula is C18H20ClNO4. The number of hydrogen-bond acceptors (Lipinski definition) is 4. The second-order valence-electron chi connectivity index (χ2n) is 5.25. The van der Waals surface area contributed by atoms with E-state index in [-0.39, 0.29) is 5.91 Å². The van der Waals surface area contributed by atoms with E-state index in [1.165, 1.54) is 14.2 Å². The average molecular weight is 350 g/mol. The summed E-state index contributed by atoms with van der Waals surface area (Å²) in [6, 6.07) is 10.7. The zero-order valence-electron chi connectivity index (χ0n) is 14.1. The molecule has 0 spiro atoms. The topological polar surface area (TPSA) is 56.8 Å². The van der Waals surface area contributed by atoms with Gasteiger partial charge in [0, 0.05) is 6.07 Å². The van der Waals surface area contributed by atoms with Crippen molar-refractivity contribution in [2.75, 3.05) is 19.5 Å². The van der Waals surface area contributed by atoms with Crippen molar-refractivity contribution in [3.8, 4) is 17.2 Å². The van der Waals surface area contributed by atoms with Crippen molar-refractivity contribution in [3.63, 3.8) is 0 Å². The quantitative estimate of drug-likeness (QED) is 0.854. The third-order valence-electron chi connectivity index (χ3n) is 3.43. The van der Waals surface area contributed by atoms with Crippen LogP contribution < -0.4 is 19.5 Å². The molecule has 2 rings (SSSR count). The summed E-state index contributed by atoms with van der Waals surface area (Å²) in [5.41, 5.74) is 1.57. The van der Waals surface area contributed by atoms with Crippen LogP contribution in [0.2, 0.25) is 5.02 Å². The van der Waals surface area contributed by atoms with Gasteiger partial charge in [-0.05, 0) is 32.0 Å². The van der Waals surface area contributed by atoms with Crippen LogP contribution in [-0.4, -0.2) is 26.2 Å². The Morgan fingerprint density at radius 1 is 1.08 bits per heavy atom. The SMILES string of the molecule is COc1cc(OC)c(NC(=O)[C@H](C)Oc2ccc(C)cc2)cc1Cl. The Bertz CT molecular complexity index is 716. The van der Waals surface area contributed by atoms with Gasteiger partial charge in [0.05, 0.1) is 24.9 Å². The van der Waals surface area contributed by atoms with E-state index in [1.54, 1.807) is 19.1 Å². The van der Waals surface area contributed by atoms with E-state index in [9.17, 15) is 4.79 Å². The number of nitrogens with one attached hydrogen (secondary N) is 1. The highest BCUT2D eigenvalue weighted by Gasteiger charge is 2.18. The third kappa shape index (κ3) is 4.32. The molecule has 0 radical (unpaired) electrons. The lowest BCUT2D eigenvalue weighted by Crippen LogP contribution is -2.30. The molecule has 0 aliphatic carbocycles. The van der Waals surface area contributed by atoms with Crippen LogP contribution in [0.25, 0.3) is 0 Å². The number of methoxy groups -OCH3 is 2. The molecule has 0 saturated carbocycles. The zero-order valence-corrected chi connectivity index (χ0v) is 14.8. The lowest BCUT2D eigenvalue weighted by Gasteiger charge is -2.17. The fourth-order valence-electron chi connectivity index (χ4n) is 2.07. The summed E-state index contributed by atoms with van der Waals surface area (Å²) in [6.07, 6.45) is -0.682. The molecule has 1 N–H and O–H groups in total. The molecular weight excluding hydrogens is 330 g/mol. The van der Waals surface area contributed by atoms with Crippen molar-refractivity contribution < 1.29 is 19.0 Å². The van der Waals surface area contributed by atoms with E-state index in [0.717, 1.165) is 5.56 Å². The minimum absolute atomic E-state index is 0.310. The van der Waals surface area contributed by atoms with Crippen LogP contribution in [0, 0.1) is 6.92 Å². The first kappa shape index (κ1) is 17.9. The molecule has 24 heavy (non-hydrogen) atoms. The Kier molecular flexibility index (Phi) is 5.93. The monoisotopic (exact) mass is 349 g/mol. The van der Waals surface area contributed by atoms with Gasteiger partial charge in [-0.3, -0.25) is 4.79 Å². The Hall–Kier alpha value is -2.40.